The molecular weight excluding hydrogens is 268 g/mol. The minimum atomic E-state index is -0.141. The summed E-state index contributed by atoms with van der Waals surface area (Å²) in [5, 5.41) is 6.33. The van der Waals surface area contributed by atoms with Crippen molar-refractivity contribution in [3.05, 3.63) is 28.3 Å². The molecule has 0 saturated carbocycles. The predicted molar refractivity (Wildman–Crippen MR) is 71.8 cm³/mol. The van der Waals surface area contributed by atoms with E-state index in [0.29, 0.717) is 22.2 Å². The second-order valence-corrected chi connectivity index (χ2v) is 4.88. The maximum atomic E-state index is 12.1. The van der Waals surface area contributed by atoms with Gasteiger partial charge in [0.05, 0.1) is 10.7 Å². The van der Waals surface area contributed by atoms with Crippen molar-refractivity contribution in [2.24, 2.45) is 0 Å². The molecule has 1 saturated heterocycles. The molecule has 1 fully saturated rings. The molecule has 0 spiro atoms. The van der Waals surface area contributed by atoms with Gasteiger partial charge in [0.25, 0.3) is 5.91 Å². The molecule has 0 bridgehead atoms. The first-order valence-corrected chi connectivity index (χ1v) is 6.33. The van der Waals surface area contributed by atoms with Crippen molar-refractivity contribution in [3.8, 4) is 11.5 Å². The zero-order chi connectivity index (χ0) is 13.4. The van der Waals surface area contributed by atoms with Crippen LogP contribution < -0.4 is 20.1 Å². The van der Waals surface area contributed by atoms with Gasteiger partial charge in [-0.25, -0.2) is 0 Å². The number of amides is 1. The number of fused-ring (bicyclic) bond motifs is 1. The third-order valence-corrected chi connectivity index (χ3v) is 3.57. The molecule has 0 atom stereocenters. The standard InChI is InChI=1S/C13H13ClN2O3/c1-7(8-4-15-5-8)13(17)16-10-3-12-11(2-9(10)14)18-6-19-12/h2-3,15H,4-6H2,1H3,(H,16,17). The smallest absolute Gasteiger partial charge is 0.251 e. The number of rotatable bonds is 2. The van der Waals surface area contributed by atoms with E-state index in [-0.39, 0.29) is 12.7 Å². The topological polar surface area (TPSA) is 59.6 Å². The fourth-order valence-electron chi connectivity index (χ4n) is 1.90. The first-order valence-electron chi connectivity index (χ1n) is 5.95. The highest BCUT2D eigenvalue weighted by Gasteiger charge is 2.20. The van der Waals surface area contributed by atoms with Gasteiger partial charge in [0, 0.05) is 30.8 Å². The lowest BCUT2D eigenvalue weighted by atomic mass is 10.0. The molecule has 3 rings (SSSR count). The number of carbonyl (C=O) groups excluding carboxylic acids is 1. The zero-order valence-corrected chi connectivity index (χ0v) is 11.1. The molecule has 0 aliphatic carbocycles. The van der Waals surface area contributed by atoms with E-state index in [1.54, 1.807) is 12.1 Å². The Morgan fingerprint density at radius 1 is 1.32 bits per heavy atom. The van der Waals surface area contributed by atoms with Crippen LogP contribution in [-0.4, -0.2) is 25.8 Å². The van der Waals surface area contributed by atoms with Gasteiger partial charge in [-0.05, 0) is 12.5 Å². The van der Waals surface area contributed by atoms with E-state index in [0.717, 1.165) is 24.2 Å². The SMILES string of the molecule is CC(C(=O)Nc1cc2c(cc1Cl)OCO2)=C1CNC1. The molecule has 0 radical (unpaired) electrons. The molecule has 2 aliphatic rings. The number of halogens is 1. The molecule has 0 unspecified atom stereocenters. The summed E-state index contributed by atoms with van der Waals surface area (Å²) in [4.78, 5) is 12.1. The number of hydrogen-bond acceptors (Lipinski definition) is 4. The molecule has 1 amide bonds. The summed E-state index contributed by atoms with van der Waals surface area (Å²) >= 11 is 6.11. The monoisotopic (exact) mass is 280 g/mol. The molecule has 0 aromatic heterocycles. The summed E-state index contributed by atoms with van der Waals surface area (Å²) in [6.45, 7) is 3.53. The number of ether oxygens (including phenoxy) is 2. The van der Waals surface area contributed by atoms with Crippen LogP contribution in [0.2, 0.25) is 5.02 Å². The summed E-state index contributed by atoms with van der Waals surface area (Å²) in [6.07, 6.45) is 0. The Balaban J connectivity index is 1.82. The highest BCUT2D eigenvalue weighted by atomic mass is 35.5. The molecule has 2 heterocycles. The zero-order valence-electron chi connectivity index (χ0n) is 10.4. The Morgan fingerprint density at radius 2 is 2.00 bits per heavy atom. The van der Waals surface area contributed by atoms with Gasteiger partial charge in [-0.3, -0.25) is 4.79 Å². The van der Waals surface area contributed by atoms with E-state index in [9.17, 15) is 4.79 Å². The van der Waals surface area contributed by atoms with E-state index in [1.807, 2.05) is 6.92 Å². The van der Waals surface area contributed by atoms with E-state index >= 15 is 0 Å². The molecule has 1 aromatic rings. The number of hydrogen-bond donors (Lipinski definition) is 2. The van der Waals surface area contributed by atoms with Crippen LogP contribution in [0.25, 0.3) is 0 Å². The van der Waals surface area contributed by atoms with Gasteiger partial charge in [0.2, 0.25) is 6.79 Å². The van der Waals surface area contributed by atoms with Gasteiger partial charge in [-0.1, -0.05) is 11.6 Å². The van der Waals surface area contributed by atoms with Crippen molar-refractivity contribution in [1.29, 1.82) is 0 Å². The van der Waals surface area contributed by atoms with Crippen LogP contribution in [0.15, 0.2) is 23.3 Å². The van der Waals surface area contributed by atoms with Gasteiger partial charge in [0.1, 0.15) is 0 Å². The average Bonchev–Trinajstić information content (AvgIpc) is 2.74. The Bertz CT molecular complexity index is 577. The normalized spacial score (nSPS) is 16.0. The molecule has 1 aromatic carbocycles. The van der Waals surface area contributed by atoms with Gasteiger partial charge >= 0.3 is 0 Å². The Labute approximate surface area is 115 Å². The largest absolute Gasteiger partial charge is 0.454 e. The summed E-state index contributed by atoms with van der Waals surface area (Å²) < 4.78 is 10.5. The Morgan fingerprint density at radius 3 is 2.63 bits per heavy atom. The molecule has 100 valence electrons. The minimum Gasteiger partial charge on any atom is -0.454 e. The molecule has 2 N–H and O–H groups in total. The van der Waals surface area contributed by atoms with E-state index in [1.165, 1.54) is 0 Å². The first kappa shape index (κ1) is 12.3. The lowest BCUT2D eigenvalue weighted by Crippen LogP contribution is -2.36. The van der Waals surface area contributed by atoms with Crippen molar-refractivity contribution < 1.29 is 14.3 Å². The van der Waals surface area contributed by atoms with Crippen LogP contribution in [0, 0.1) is 0 Å². The second-order valence-electron chi connectivity index (χ2n) is 4.47. The van der Waals surface area contributed by atoms with Crippen molar-refractivity contribution in [2.75, 3.05) is 25.2 Å². The van der Waals surface area contributed by atoms with Crippen molar-refractivity contribution in [1.82, 2.24) is 5.32 Å². The van der Waals surface area contributed by atoms with E-state index < -0.39 is 0 Å². The van der Waals surface area contributed by atoms with Crippen molar-refractivity contribution in [3.63, 3.8) is 0 Å². The quantitative estimate of drug-likeness (QED) is 0.813. The van der Waals surface area contributed by atoms with Crippen molar-refractivity contribution >= 4 is 23.2 Å². The number of benzene rings is 1. The third kappa shape index (κ3) is 2.27. The van der Waals surface area contributed by atoms with Gasteiger partial charge in [-0.2, -0.15) is 0 Å². The maximum absolute atomic E-state index is 12.1. The lowest BCUT2D eigenvalue weighted by molar-refractivity contribution is -0.112. The van der Waals surface area contributed by atoms with E-state index in [2.05, 4.69) is 10.6 Å². The highest BCUT2D eigenvalue weighted by molar-refractivity contribution is 6.34. The average molecular weight is 281 g/mol. The summed E-state index contributed by atoms with van der Waals surface area (Å²) in [5.74, 6) is 1.05. The van der Waals surface area contributed by atoms with Gasteiger partial charge in [-0.15, -0.1) is 0 Å². The van der Waals surface area contributed by atoms with Crippen LogP contribution >= 0.6 is 11.6 Å². The molecular formula is C13H13ClN2O3. The summed E-state index contributed by atoms with van der Waals surface area (Å²) in [7, 11) is 0. The Hall–Kier alpha value is -1.72. The predicted octanol–water partition coefficient (Wildman–Crippen LogP) is 1.93. The third-order valence-electron chi connectivity index (χ3n) is 3.26. The van der Waals surface area contributed by atoms with Crippen molar-refractivity contribution in [2.45, 2.75) is 6.92 Å². The Kier molecular flexibility index (Phi) is 3.08. The number of anilines is 1. The highest BCUT2D eigenvalue weighted by Crippen LogP contribution is 2.39. The van der Waals surface area contributed by atoms with Crippen LogP contribution in [0.5, 0.6) is 11.5 Å². The van der Waals surface area contributed by atoms with Gasteiger partial charge < -0.3 is 20.1 Å². The van der Waals surface area contributed by atoms with Crippen LogP contribution in [0.1, 0.15) is 6.92 Å². The molecule has 2 aliphatic heterocycles. The van der Waals surface area contributed by atoms with Crippen LogP contribution in [0.3, 0.4) is 0 Å². The molecule has 5 nitrogen and oxygen atoms in total. The number of carbonyl (C=O) groups is 1. The summed E-state index contributed by atoms with van der Waals surface area (Å²) in [5.41, 5.74) is 2.38. The fourth-order valence-corrected chi connectivity index (χ4v) is 2.11. The second kappa shape index (κ2) is 4.75. The molecule has 19 heavy (non-hydrogen) atoms. The van der Waals surface area contributed by atoms with Crippen LogP contribution in [-0.2, 0) is 4.79 Å². The fraction of sp³-hybridized carbons (Fsp3) is 0.308. The first-order chi connectivity index (χ1) is 9.15. The van der Waals surface area contributed by atoms with E-state index in [4.69, 9.17) is 21.1 Å². The van der Waals surface area contributed by atoms with Gasteiger partial charge in [0.15, 0.2) is 11.5 Å². The minimum absolute atomic E-state index is 0.141. The lowest BCUT2D eigenvalue weighted by Gasteiger charge is -2.21. The van der Waals surface area contributed by atoms with Crippen LogP contribution in [0.4, 0.5) is 5.69 Å². The maximum Gasteiger partial charge on any atom is 0.251 e. The summed E-state index contributed by atoms with van der Waals surface area (Å²) in [6, 6.07) is 3.33. The molecule has 6 heteroatoms. The number of nitrogens with one attached hydrogen (secondary N) is 2.